The molecule has 2 aliphatic carbocycles. The summed E-state index contributed by atoms with van der Waals surface area (Å²) in [4.78, 5) is 0. The number of fused-ring (bicyclic) bond motifs is 1. The van der Waals surface area contributed by atoms with Crippen LogP contribution in [0.25, 0.3) is 0 Å². The van der Waals surface area contributed by atoms with Gasteiger partial charge in [-0.25, -0.2) is 9.30 Å². The van der Waals surface area contributed by atoms with Gasteiger partial charge in [0.15, 0.2) is 0 Å². The highest BCUT2D eigenvalue weighted by molar-refractivity contribution is 5.88. The van der Waals surface area contributed by atoms with Crippen LogP contribution in [0.3, 0.4) is 0 Å². The van der Waals surface area contributed by atoms with E-state index in [1.54, 1.807) is 0 Å². The first-order valence-electron chi connectivity index (χ1n) is 7.27. The van der Waals surface area contributed by atoms with Crippen molar-refractivity contribution < 1.29 is 9.94 Å². The van der Waals surface area contributed by atoms with Crippen LogP contribution in [0.5, 0.6) is 0 Å². The second kappa shape index (κ2) is 4.87. The molecule has 1 aromatic rings. The summed E-state index contributed by atoms with van der Waals surface area (Å²) in [5.41, 5.74) is 2.94. The first-order chi connectivity index (χ1) is 9.24. The molecule has 0 spiro atoms. The zero-order valence-electron chi connectivity index (χ0n) is 11.4. The molecule has 104 valence electrons. The van der Waals surface area contributed by atoms with Gasteiger partial charge in [0.05, 0.1) is 0 Å². The number of aromatic nitrogens is 2. The van der Waals surface area contributed by atoms with Gasteiger partial charge in [-0.3, -0.25) is 0 Å². The first-order valence-corrected chi connectivity index (χ1v) is 7.27. The summed E-state index contributed by atoms with van der Waals surface area (Å²) >= 11 is 0. The van der Waals surface area contributed by atoms with E-state index in [0.717, 1.165) is 73.3 Å². The molecule has 1 saturated carbocycles. The van der Waals surface area contributed by atoms with E-state index in [1.807, 2.05) is 6.92 Å². The molecule has 2 aliphatic rings. The van der Waals surface area contributed by atoms with Crippen molar-refractivity contribution in [3.63, 3.8) is 0 Å². The Kier molecular flexibility index (Phi) is 3.21. The largest absolute Gasteiger partial charge is 0.711 e. The highest BCUT2D eigenvalue weighted by atomic mass is 16.5. The molecule has 0 aromatic carbocycles. The third-order valence-corrected chi connectivity index (χ3v) is 4.57. The number of hydrogen-bond donors (Lipinski definition) is 1. The second-order valence-corrected chi connectivity index (χ2v) is 5.67. The molecule has 19 heavy (non-hydrogen) atoms. The SMILES string of the molecule is Cc1n(C2CCCC/C2=N\O)c2c([n+]1[O-])CCCC2. The Labute approximate surface area is 113 Å². The fraction of sp³-hybridized carbons (Fsp3) is 0.714. The Morgan fingerprint density at radius 2 is 1.95 bits per heavy atom. The molecule has 0 amide bonds. The van der Waals surface area contributed by atoms with Crippen LogP contribution in [-0.4, -0.2) is 15.5 Å². The van der Waals surface area contributed by atoms with Gasteiger partial charge >= 0.3 is 0 Å². The van der Waals surface area contributed by atoms with Crippen LogP contribution in [0.15, 0.2) is 5.16 Å². The molecule has 5 heteroatoms. The lowest BCUT2D eigenvalue weighted by Crippen LogP contribution is -2.34. The maximum atomic E-state index is 12.3. The maximum Gasteiger partial charge on any atom is 0.257 e. The Bertz CT molecular complexity index is 519. The molecule has 5 nitrogen and oxygen atoms in total. The van der Waals surface area contributed by atoms with E-state index in [-0.39, 0.29) is 6.04 Å². The molecular formula is C14H21N3O2. The van der Waals surface area contributed by atoms with Crippen LogP contribution in [0.4, 0.5) is 0 Å². The van der Waals surface area contributed by atoms with Gasteiger partial charge in [-0.2, -0.15) is 0 Å². The lowest BCUT2D eigenvalue weighted by atomic mass is 9.92. The van der Waals surface area contributed by atoms with Crippen molar-refractivity contribution in [3.8, 4) is 0 Å². The van der Waals surface area contributed by atoms with Crippen LogP contribution in [0.1, 0.15) is 61.8 Å². The summed E-state index contributed by atoms with van der Waals surface area (Å²) in [6, 6.07) is 0.0841. The molecule has 1 aromatic heterocycles. The fourth-order valence-corrected chi connectivity index (χ4v) is 3.63. The van der Waals surface area contributed by atoms with Crippen molar-refractivity contribution >= 4 is 5.71 Å². The van der Waals surface area contributed by atoms with Crippen molar-refractivity contribution in [2.75, 3.05) is 0 Å². The van der Waals surface area contributed by atoms with Crippen LogP contribution >= 0.6 is 0 Å². The van der Waals surface area contributed by atoms with Gasteiger partial charge < -0.3 is 10.4 Å². The number of rotatable bonds is 1. The minimum Gasteiger partial charge on any atom is -0.711 e. The summed E-state index contributed by atoms with van der Waals surface area (Å²) in [7, 11) is 0. The molecular weight excluding hydrogens is 242 g/mol. The normalized spacial score (nSPS) is 25.5. The summed E-state index contributed by atoms with van der Waals surface area (Å²) in [5.74, 6) is 0.750. The fourth-order valence-electron chi connectivity index (χ4n) is 3.63. The van der Waals surface area contributed by atoms with E-state index in [0.29, 0.717) is 0 Å². The van der Waals surface area contributed by atoms with E-state index in [1.165, 1.54) is 5.69 Å². The van der Waals surface area contributed by atoms with Crippen LogP contribution in [0.2, 0.25) is 0 Å². The Morgan fingerprint density at radius 3 is 2.74 bits per heavy atom. The third-order valence-electron chi connectivity index (χ3n) is 4.57. The highest BCUT2D eigenvalue weighted by Crippen LogP contribution is 2.31. The molecule has 1 heterocycles. The lowest BCUT2D eigenvalue weighted by Gasteiger charge is -2.23. The number of oxime groups is 1. The number of imidazole rings is 1. The average Bonchev–Trinajstić information content (AvgIpc) is 2.71. The average molecular weight is 263 g/mol. The highest BCUT2D eigenvalue weighted by Gasteiger charge is 2.35. The van der Waals surface area contributed by atoms with Crippen LogP contribution in [0, 0.1) is 12.1 Å². The number of nitrogens with zero attached hydrogens (tertiary/aromatic N) is 3. The molecule has 3 rings (SSSR count). The molecule has 0 aliphatic heterocycles. The standard InChI is InChI=1S/C14H21N3O2/c1-10-16(12-7-3-2-6-11(12)15-18)13-8-4-5-9-14(13)17(10)19/h12,18H,2-9H2,1H3/b15-11+. The first kappa shape index (κ1) is 12.5. The van der Waals surface area contributed by atoms with Gasteiger partial charge in [-0.15, -0.1) is 0 Å². The van der Waals surface area contributed by atoms with Crippen molar-refractivity contribution in [1.82, 2.24) is 4.57 Å². The molecule has 0 radical (unpaired) electrons. The van der Waals surface area contributed by atoms with Gasteiger partial charge in [0, 0.05) is 19.8 Å². The quantitative estimate of drug-likeness (QED) is 0.365. The van der Waals surface area contributed by atoms with Gasteiger partial charge in [0.1, 0.15) is 23.1 Å². The van der Waals surface area contributed by atoms with Crippen molar-refractivity contribution in [1.29, 1.82) is 0 Å². The number of hydrogen-bond acceptors (Lipinski definition) is 3. The molecule has 0 saturated heterocycles. The van der Waals surface area contributed by atoms with E-state index in [9.17, 15) is 10.4 Å². The second-order valence-electron chi connectivity index (χ2n) is 5.67. The Hall–Kier alpha value is -1.52. The van der Waals surface area contributed by atoms with Gasteiger partial charge in [0.25, 0.3) is 5.82 Å². The van der Waals surface area contributed by atoms with Gasteiger partial charge in [-0.05, 0) is 38.5 Å². The molecule has 1 N–H and O–H groups in total. The molecule has 0 bridgehead atoms. The predicted octanol–water partition coefficient (Wildman–Crippen LogP) is 2.25. The van der Waals surface area contributed by atoms with Crippen molar-refractivity contribution in [2.45, 2.75) is 64.3 Å². The Balaban J connectivity index is 2.09. The van der Waals surface area contributed by atoms with Crippen LogP contribution in [-0.2, 0) is 12.8 Å². The minimum atomic E-state index is 0.0841. The summed E-state index contributed by atoms with van der Waals surface area (Å²) in [6.45, 7) is 1.88. The monoisotopic (exact) mass is 263 g/mol. The Morgan fingerprint density at radius 1 is 1.21 bits per heavy atom. The molecule has 1 atom stereocenters. The maximum absolute atomic E-state index is 12.3. The van der Waals surface area contributed by atoms with Crippen molar-refractivity contribution in [3.05, 3.63) is 22.4 Å². The van der Waals surface area contributed by atoms with Crippen molar-refractivity contribution in [2.24, 2.45) is 5.16 Å². The zero-order valence-corrected chi connectivity index (χ0v) is 11.4. The van der Waals surface area contributed by atoms with E-state index >= 15 is 0 Å². The molecule has 1 fully saturated rings. The lowest BCUT2D eigenvalue weighted by molar-refractivity contribution is -0.620. The minimum absolute atomic E-state index is 0.0841. The third kappa shape index (κ3) is 1.91. The predicted molar refractivity (Wildman–Crippen MR) is 71.5 cm³/mol. The zero-order chi connectivity index (χ0) is 13.4. The smallest absolute Gasteiger partial charge is 0.257 e. The van der Waals surface area contributed by atoms with Gasteiger partial charge in [-0.1, -0.05) is 5.16 Å². The topological polar surface area (TPSA) is 64.5 Å². The van der Waals surface area contributed by atoms with E-state index in [4.69, 9.17) is 0 Å². The van der Waals surface area contributed by atoms with Gasteiger partial charge in [0.2, 0.25) is 0 Å². The van der Waals surface area contributed by atoms with E-state index in [2.05, 4.69) is 9.72 Å². The summed E-state index contributed by atoms with van der Waals surface area (Å²) < 4.78 is 3.24. The molecule has 1 unspecified atom stereocenters. The summed E-state index contributed by atoms with van der Waals surface area (Å²) in [5, 5.41) is 25.0. The van der Waals surface area contributed by atoms with Crippen LogP contribution < -0.4 is 4.73 Å². The van der Waals surface area contributed by atoms with E-state index < -0.39 is 0 Å². The summed E-state index contributed by atoms with van der Waals surface area (Å²) in [6.07, 6.45) is 8.13.